The van der Waals surface area contributed by atoms with Crippen LogP contribution in [0.2, 0.25) is 5.02 Å². The zero-order chi connectivity index (χ0) is 22.8. The number of amides is 1. The van der Waals surface area contributed by atoms with Crippen LogP contribution in [0.1, 0.15) is 48.2 Å². The maximum Gasteiger partial charge on any atom is 0.255 e. The standard InChI is InChI=1S/C25H25ClN4O2/c1-5-32-24-11-8-18(13-20(24)26)25(31)27-21-14-23-22(12-16(21)4)28-30(29-23)19-9-6-17(7-10-19)15(2)3/h6-15H,5H2,1-4H3,(H,27,31). The monoisotopic (exact) mass is 448 g/mol. The number of anilines is 1. The van der Waals surface area contributed by atoms with Gasteiger partial charge < -0.3 is 10.1 Å². The molecule has 0 unspecified atom stereocenters. The largest absolute Gasteiger partial charge is 0.492 e. The fourth-order valence-electron chi connectivity index (χ4n) is 3.42. The van der Waals surface area contributed by atoms with Crippen molar-refractivity contribution in [1.29, 1.82) is 0 Å². The van der Waals surface area contributed by atoms with Gasteiger partial charge in [0.05, 0.1) is 17.3 Å². The SMILES string of the molecule is CCOc1ccc(C(=O)Nc2cc3nn(-c4ccc(C(C)C)cc4)nc3cc2C)cc1Cl. The summed E-state index contributed by atoms with van der Waals surface area (Å²) in [6.07, 6.45) is 0. The van der Waals surface area contributed by atoms with Crippen molar-refractivity contribution in [2.75, 3.05) is 11.9 Å². The van der Waals surface area contributed by atoms with Gasteiger partial charge in [-0.1, -0.05) is 37.6 Å². The number of fused-ring (bicyclic) bond motifs is 1. The van der Waals surface area contributed by atoms with Gasteiger partial charge in [0, 0.05) is 11.3 Å². The first-order valence-corrected chi connectivity index (χ1v) is 10.9. The number of aromatic nitrogens is 3. The minimum atomic E-state index is -0.255. The van der Waals surface area contributed by atoms with Gasteiger partial charge in [0.15, 0.2) is 0 Å². The van der Waals surface area contributed by atoms with Gasteiger partial charge in [-0.2, -0.15) is 4.80 Å². The van der Waals surface area contributed by atoms with Gasteiger partial charge in [-0.25, -0.2) is 0 Å². The van der Waals surface area contributed by atoms with Crippen LogP contribution in [0.5, 0.6) is 5.75 Å². The highest BCUT2D eigenvalue weighted by Crippen LogP contribution is 2.27. The van der Waals surface area contributed by atoms with Crippen LogP contribution in [0.25, 0.3) is 16.7 Å². The number of hydrogen-bond donors (Lipinski definition) is 1. The Balaban J connectivity index is 1.59. The van der Waals surface area contributed by atoms with Crippen molar-refractivity contribution in [3.8, 4) is 11.4 Å². The zero-order valence-electron chi connectivity index (χ0n) is 18.5. The molecule has 0 spiro atoms. The summed E-state index contributed by atoms with van der Waals surface area (Å²) < 4.78 is 5.43. The van der Waals surface area contributed by atoms with E-state index in [9.17, 15) is 4.79 Å². The Morgan fingerprint density at radius 2 is 1.75 bits per heavy atom. The number of aryl methyl sites for hydroxylation is 1. The molecule has 0 saturated carbocycles. The number of ether oxygens (including phenoxy) is 1. The lowest BCUT2D eigenvalue weighted by Crippen LogP contribution is -2.13. The van der Waals surface area contributed by atoms with Crippen molar-refractivity contribution in [3.63, 3.8) is 0 Å². The van der Waals surface area contributed by atoms with Crippen LogP contribution in [0.15, 0.2) is 54.6 Å². The first kappa shape index (κ1) is 21.8. The number of benzene rings is 3. The predicted molar refractivity (Wildman–Crippen MR) is 128 cm³/mol. The van der Waals surface area contributed by atoms with Crippen molar-refractivity contribution in [2.45, 2.75) is 33.6 Å². The first-order valence-electron chi connectivity index (χ1n) is 10.6. The zero-order valence-corrected chi connectivity index (χ0v) is 19.3. The van der Waals surface area contributed by atoms with Gasteiger partial charge in [-0.05, 0) is 73.4 Å². The molecule has 0 aliphatic carbocycles. The Kier molecular flexibility index (Phi) is 6.15. The van der Waals surface area contributed by atoms with Crippen LogP contribution in [0, 0.1) is 6.92 Å². The van der Waals surface area contributed by atoms with Gasteiger partial charge in [-0.3, -0.25) is 4.79 Å². The second kappa shape index (κ2) is 9.01. The number of nitrogens with zero attached hydrogens (tertiary/aromatic N) is 3. The first-order chi connectivity index (χ1) is 15.4. The van der Waals surface area contributed by atoms with E-state index in [1.165, 1.54) is 5.56 Å². The van der Waals surface area contributed by atoms with Gasteiger partial charge in [0.2, 0.25) is 0 Å². The summed E-state index contributed by atoms with van der Waals surface area (Å²) in [5.41, 5.74) is 5.63. The summed E-state index contributed by atoms with van der Waals surface area (Å²) in [7, 11) is 0. The van der Waals surface area contributed by atoms with E-state index >= 15 is 0 Å². The van der Waals surface area contributed by atoms with Crippen molar-refractivity contribution >= 4 is 34.2 Å². The lowest BCUT2D eigenvalue weighted by Gasteiger charge is -2.10. The predicted octanol–water partition coefficient (Wildman–Crippen LogP) is 6.16. The summed E-state index contributed by atoms with van der Waals surface area (Å²) in [5, 5.41) is 12.6. The van der Waals surface area contributed by atoms with Gasteiger partial charge in [0.25, 0.3) is 5.91 Å². The summed E-state index contributed by atoms with van der Waals surface area (Å²) in [4.78, 5) is 14.4. The number of carbonyl (C=O) groups excluding carboxylic acids is 1. The highest BCUT2D eigenvalue weighted by Gasteiger charge is 2.14. The molecule has 0 saturated heterocycles. The topological polar surface area (TPSA) is 69.0 Å². The molecule has 1 amide bonds. The van der Waals surface area contributed by atoms with E-state index in [2.05, 4.69) is 41.5 Å². The third-order valence-electron chi connectivity index (χ3n) is 5.26. The Bertz CT molecular complexity index is 1280. The molecule has 7 heteroatoms. The smallest absolute Gasteiger partial charge is 0.255 e. The molecule has 0 bridgehead atoms. The van der Waals surface area contributed by atoms with E-state index in [1.54, 1.807) is 23.0 Å². The Morgan fingerprint density at radius 1 is 1.06 bits per heavy atom. The van der Waals surface area contributed by atoms with E-state index in [1.807, 2.05) is 38.1 Å². The highest BCUT2D eigenvalue weighted by molar-refractivity contribution is 6.32. The summed E-state index contributed by atoms with van der Waals surface area (Å²) >= 11 is 6.23. The van der Waals surface area contributed by atoms with Gasteiger partial charge >= 0.3 is 0 Å². The molecule has 0 radical (unpaired) electrons. The molecule has 1 heterocycles. The minimum absolute atomic E-state index is 0.255. The average molecular weight is 449 g/mol. The molecule has 1 N–H and O–H groups in total. The molecule has 4 aromatic rings. The van der Waals surface area contributed by atoms with E-state index in [-0.39, 0.29) is 5.91 Å². The number of rotatable bonds is 6. The Labute approximate surface area is 192 Å². The fourth-order valence-corrected chi connectivity index (χ4v) is 3.65. The third kappa shape index (κ3) is 4.46. The average Bonchev–Trinajstić information content (AvgIpc) is 3.18. The highest BCUT2D eigenvalue weighted by atomic mass is 35.5. The molecule has 0 aliphatic heterocycles. The molecular weight excluding hydrogens is 424 g/mol. The van der Waals surface area contributed by atoms with Crippen LogP contribution >= 0.6 is 11.6 Å². The van der Waals surface area contributed by atoms with E-state index < -0.39 is 0 Å². The summed E-state index contributed by atoms with van der Waals surface area (Å²) in [6.45, 7) is 8.64. The van der Waals surface area contributed by atoms with Crippen LogP contribution in [-0.2, 0) is 0 Å². The second-order valence-electron chi connectivity index (χ2n) is 7.92. The minimum Gasteiger partial charge on any atom is -0.492 e. The lowest BCUT2D eigenvalue weighted by molar-refractivity contribution is 0.102. The molecule has 0 fully saturated rings. The Morgan fingerprint density at radius 3 is 2.38 bits per heavy atom. The molecule has 1 aromatic heterocycles. The molecule has 6 nitrogen and oxygen atoms in total. The van der Waals surface area contributed by atoms with Crippen LogP contribution in [-0.4, -0.2) is 27.5 Å². The van der Waals surface area contributed by atoms with Crippen molar-refractivity contribution in [1.82, 2.24) is 15.0 Å². The van der Waals surface area contributed by atoms with Crippen molar-refractivity contribution < 1.29 is 9.53 Å². The number of halogens is 1. The molecule has 0 aliphatic rings. The molecule has 0 atom stereocenters. The second-order valence-corrected chi connectivity index (χ2v) is 8.33. The quantitative estimate of drug-likeness (QED) is 0.383. The maximum absolute atomic E-state index is 12.8. The molecule has 32 heavy (non-hydrogen) atoms. The molecule has 3 aromatic carbocycles. The van der Waals surface area contributed by atoms with Crippen molar-refractivity contribution in [3.05, 3.63) is 76.3 Å². The number of carbonyl (C=O) groups is 1. The van der Waals surface area contributed by atoms with E-state index in [0.717, 1.165) is 16.8 Å². The molecule has 164 valence electrons. The normalized spacial score (nSPS) is 11.2. The van der Waals surface area contributed by atoms with E-state index in [0.29, 0.717) is 40.1 Å². The Hall–Kier alpha value is -3.38. The molecule has 4 rings (SSSR count). The maximum atomic E-state index is 12.8. The van der Waals surface area contributed by atoms with E-state index in [4.69, 9.17) is 16.3 Å². The van der Waals surface area contributed by atoms with Gasteiger partial charge in [-0.15, -0.1) is 10.2 Å². The van der Waals surface area contributed by atoms with Crippen molar-refractivity contribution in [2.24, 2.45) is 0 Å². The third-order valence-corrected chi connectivity index (χ3v) is 5.55. The number of hydrogen-bond acceptors (Lipinski definition) is 4. The number of nitrogens with one attached hydrogen (secondary N) is 1. The van der Waals surface area contributed by atoms with Gasteiger partial charge in [0.1, 0.15) is 16.8 Å². The fraction of sp³-hybridized carbons (Fsp3) is 0.240. The summed E-state index contributed by atoms with van der Waals surface area (Å²) in [5.74, 6) is 0.767. The lowest BCUT2D eigenvalue weighted by atomic mass is 10.0. The van der Waals surface area contributed by atoms with Crippen LogP contribution in [0.3, 0.4) is 0 Å². The van der Waals surface area contributed by atoms with Crippen LogP contribution in [0.4, 0.5) is 5.69 Å². The molecular formula is C25H25ClN4O2. The summed E-state index contributed by atoms with van der Waals surface area (Å²) in [6, 6.07) is 17.0. The van der Waals surface area contributed by atoms with Crippen LogP contribution < -0.4 is 10.1 Å².